The number of nitrogens with zero attached hydrogens (tertiary/aromatic N) is 1. The number of hydrogen-bond acceptors (Lipinski definition) is 3. The van der Waals surface area contributed by atoms with Crippen LogP contribution in [0.15, 0.2) is 24.3 Å². The van der Waals surface area contributed by atoms with Crippen LogP contribution in [0.1, 0.15) is 31.7 Å². The molecule has 0 saturated carbocycles. The zero-order valence-electron chi connectivity index (χ0n) is 12.9. The molecule has 1 heterocycles. The zero-order chi connectivity index (χ0) is 14.9. The first-order valence-electron chi connectivity index (χ1n) is 7.98. The summed E-state index contributed by atoms with van der Waals surface area (Å²) in [7, 11) is 0. The van der Waals surface area contributed by atoms with E-state index in [1.54, 1.807) is 0 Å². The Kier molecular flexibility index (Phi) is 6.54. The molecule has 0 unspecified atom stereocenters. The molecule has 1 saturated heterocycles. The first kappa shape index (κ1) is 15.8. The summed E-state index contributed by atoms with van der Waals surface area (Å²) in [6.45, 7) is 6.45. The van der Waals surface area contributed by atoms with Gasteiger partial charge in [-0.15, -0.1) is 0 Å². The molecule has 0 spiro atoms. The largest absolute Gasteiger partial charge is 0.378 e. The van der Waals surface area contributed by atoms with Crippen LogP contribution in [0.4, 0.5) is 5.69 Å². The Bertz CT molecular complexity index is 425. The van der Waals surface area contributed by atoms with Crippen molar-refractivity contribution in [2.75, 3.05) is 37.7 Å². The summed E-state index contributed by atoms with van der Waals surface area (Å²) >= 11 is 0. The smallest absolute Gasteiger partial charge is 0.220 e. The van der Waals surface area contributed by atoms with Crippen LogP contribution in [0.3, 0.4) is 0 Å². The van der Waals surface area contributed by atoms with Crippen LogP contribution in [0, 0.1) is 0 Å². The van der Waals surface area contributed by atoms with E-state index >= 15 is 0 Å². The van der Waals surface area contributed by atoms with Crippen molar-refractivity contribution in [1.29, 1.82) is 0 Å². The van der Waals surface area contributed by atoms with Crippen LogP contribution in [0.5, 0.6) is 0 Å². The van der Waals surface area contributed by atoms with Crippen molar-refractivity contribution in [3.8, 4) is 0 Å². The van der Waals surface area contributed by atoms with Gasteiger partial charge >= 0.3 is 0 Å². The fraction of sp³-hybridized carbons (Fsp3) is 0.588. The molecule has 1 N–H and O–H groups in total. The summed E-state index contributed by atoms with van der Waals surface area (Å²) < 4.78 is 5.36. The van der Waals surface area contributed by atoms with Crippen molar-refractivity contribution in [1.82, 2.24) is 5.32 Å². The summed E-state index contributed by atoms with van der Waals surface area (Å²) in [6.07, 6.45) is 3.55. The molecule has 1 aliphatic heterocycles. The molecule has 0 aromatic heterocycles. The molecular formula is C17H26N2O2. The Labute approximate surface area is 127 Å². The maximum Gasteiger partial charge on any atom is 0.220 e. The lowest BCUT2D eigenvalue weighted by Crippen LogP contribution is -2.36. The van der Waals surface area contributed by atoms with Gasteiger partial charge in [0.2, 0.25) is 5.91 Å². The number of aryl methyl sites for hydroxylation is 1. The molecule has 1 amide bonds. The van der Waals surface area contributed by atoms with Gasteiger partial charge in [0.1, 0.15) is 0 Å². The fourth-order valence-electron chi connectivity index (χ4n) is 2.45. The van der Waals surface area contributed by atoms with Gasteiger partial charge in [0.15, 0.2) is 0 Å². The normalized spacial score (nSPS) is 15.0. The van der Waals surface area contributed by atoms with Gasteiger partial charge in [0, 0.05) is 31.7 Å². The maximum absolute atomic E-state index is 11.7. The monoisotopic (exact) mass is 290 g/mol. The van der Waals surface area contributed by atoms with Gasteiger partial charge in [-0.05, 0) is 30.5 Å². The van der Waals surface area contributed by atoms with Crippen LogP contribution >= 0.6 is 0 Å². The predicted molar refractivity (Wildman–Crippen MR) is 85.7 cm³/mol. The third-order valence-electron chi connectivity index (χ3n) is 3.81. The molecule has 1 aromatic rings. The summed E-state index contributed by atoms with van der Waals surface area (Å²) in [5.74, 6) is 0.153. The first-order valence-corrected chi connectivity index (χ1v) is 7.98. The number of ether oxygens (including phenoxy) is 1. The lowest BCUT2D eigenvalue weighted by Gasteiger charge is -2.28. The molecule has 0 radical (unpaired) electrons. The van der Waals surface area contributed by atoms with Crippen LogP contribution in [0.25, 0.3) is 0 Å². The van der Waals surface area contributed by atoms with E-state index in [0.29, 0.717) is 6.42 Å². The third-order valence-corrected chi connectivity index (χ3v) is 3.81. The molecule has 21 heavy (non-hydrogen) atoms. The quantitative estimate of drug-likeness (QED) is 0.784. The highest BCUT2D eigenvalue weighted by Crippen LogP contribution is 2.17. The topological polar surface area (TPSA) is 41.6 Å². The fourth-order valence-corrected chi connectivity index (χ4v) is 2.45. The Morgan fingerprint density at radius 2 is 1.95 bits per heavy atom. The van der Waals surface area contributed by atoms with Crippen LogP contribution in [-0.4, -0.2) is 38.8 Å². The van der Waals surface area contributed by atoms with E-state index in [-0.39, 0.29) is 5.91 Å². The molecule has 0 bridgehead atoms. The van der Waals surface area contributed by atoms with E-state index in [1.807, 2.05) is 0 Å². The van der Waals surface area contributed by atoms with Gasteiger partial charge in [0.25, 0.3) is 0 Å². The number of nitrogens with one attached hydrogen (secondary N) is 1. The number of rotatable bonds is 7. The van der Waals surface area contributed by atoms with Gasteiger partial charge < -0.3 is 15.0 Å². The highest BCUT2D eigenvalue weighted by atomic mass is 16.5. The number of amides is 1. The number of hydrogen-bond donors (Lipinski definition) is 1. The van der Waals surface area contributed by atoms with Crippen LogP contribution in [0.2, 0.25) is 0 Å². The molecule has 1 aliphatic rings. The Morgan fingerprint density at radius 1 is 1.24 bits per heavy atom. The van der Waals surface area contributed by atoms with Crippen LogP contribution in [-0.2, 0) is 16.0 Å². The van der Waals surface area contributed by atoms with Crippen molar-refractivity contribution >= 4 is 11.6 Å². The summed E-state index contributed by atoms with van der Waals surface area (Å²) in [5.41, 5.74) is 2.46. The van der Waals surface area contributed by atoms with E-state index in [2.05, 4.69) is 41.4 Å². The number of anilines is 1. The summed E-state index contributed by atoms with van der Waals surface area (Å²) in [6, 6.07) is 8.56. The summed E-state index contributed by atoms with van der Waals surface area (Å²) in [4.78, 5) is 14.0. The predicted octanol–water partition coefficient (Wildman–Crippen LogP) is 2.37. The van der Waals surface area contributed by atoms with Crippen molar-refractivity contribution in [2.24, 2.45) is 0 Å². The first-order chi connectivity index (χ1) is 10.3. The minimum Gasteiger partial charge on any atom is -0.378 e. The molecule has 116 valence electrons. The van der Waals surface area contributed by atoms with Crippen LogP contribution < -0.4 is 10.2 Å². The summed E-state index contributed by atoms with van der Waals surface area (Å²) in [5, 5.41) is 2.96. The number of unbranched alkanes of at least 4 members (excludes halogenated alkanes) is 1. The van der Waals surface area contributed by atoms with Crippen molar-refractivity contribution in [2.45, 2.75) is 32.6 Å². The molecule has 1 aromatic carbocycles. The Morgan fingerprint density at radius 3 is 2.62 bits per heavy atom. The highest BCUT2D eigenvalue weighted by molar-refractivity contribution is 5.76. The SMILES string of the molecule is CCCCNC(=O)CCc1ccc(N2CCOCC2)cc1. The number of carbonyl (C=O) groups excluding carboxylic acids is 1. The van der Waals surface area contributed by atoms with Gasteiger partial charge in [0.05, 0.1) is 13.2 Å². The molecule has 0 atom stereocenters. The van der Waals surface area contributed by atoms with Gasteiger partial charge in [-0.3, -0.25) is 4.79 Å². The van der Waals surface area contributed by atoms with Gasteiger partial charge in [-0.2, -0.15) is 0 Å². The second-order valence-electron chi connectivity index (χ2n) is 5.47. The lowest BCUT2D eigenvalue weighted by molar-refractivity contribution is -0.121. The molecule has 4 heteroatoms. The molecule has 2 rings (SSSR count). The minimum absolute atomic E-state index is 0.153. The average Bonchev–Trinajstić information content (AvgIpc) is 2.54. The zero-order valence-corrected chi connectivity index (χ0v) is 12.9. The van der Waals surface area contributed by atoms with E-state index in [4.69, 9.17) is 4.74 Å². The highest BCUT2D eigenvalue weighted by Gasteiger charge is 2.10. The Balaban J connectivity index is 1.75. The van der Waals surface area contributed by atoms with Crippen molar-refractivity contribution < 1.29 is 9.53 Å². The van der Waals surface area contributed by atoms with E-state index in [0.717, 1.165) is 52.1 Å². The van der Waals surface area contributed by atoms with E-state index in [9.17, 15) is 4.79 Å². The molecule has 0 aliphatic carbocycles. The van der Waals surface area contributed by atoms with E-state index in [1.165, 1.54) is 11.3 Å². The molecular weight excluding hydrogens is 264 g/mol. The van der Waals surface area contributed by atoms with Gasteiger partial charge in [-0.1, -0.05) is 25.5 Å². The third kappa shape index (κ3) is 5.38. The van der Waals surface area contributed by atoms with Gasteiger partial charge in [-0.25, -0.2) is 0 Å². The second kappa shape index (κ2) is 8.67. The van der Waals surface area contributed by atoms with Crippen molar-refractivity contribution in [3.63, 3.8) is 0 Å². The minimum atomic E-state index is 0.153. The van der Waals surface area contributed by atoms with Crippen molar-refractivity contribution in [3.05, 3.63) is 29.8 Å². The average molecular weight is 290 g/mol. The number of carbonyl (C=O) groups is 1. The maximum atomic E-state index is 11.7. The molecule has 4 nitrogen and oxygen atoms in total. The Hall–Kier alpha value is -1.55. The molecule has 1 fully saturated rings. The lowest BCUT2D eigenvalue weighted by atomic mass is 10.1. The second-order valence-corrected chi connectivity index (χ2v) is 5.47. The number of morpholine rings is 1. The van der Waals surface area contributed by atoms with E-state index < -0.39 is 0 Å². The standard InChI is InChI=1S/C17H26N2O2/c1-2-3-10-18-17(20)9-6-15-4-7-16(8-5-15)19-11-13-21-14-12-19/h4-5,7-8H,2-3,6,9-14H2,1H3,(H,18,20). The number of benzene rings is 1.